The van der Waals surface area contributed by atoms with Crippen LogP contribution in [0.4, 0.5) is 0 Å². The Balaban J connectivity index is 2.47. The van der Waals surface area contributed by atoms with Crippen molar-refractivity contribution in [2.45, 2.75) is 134 Å². The average molecular weight is 625 g/mol. The molecule has 0 aromatic heterocycles. The summed E-state index contributed by atoms with van der Waals surface area (Å²) in [7, 11) is 1.31. The molecule has 252 valence electrons. The maximum atomic E-state index is 13.3. The summed E-state index contributed by atoms with van der Waals surface area (Å²) in [6.07, 6.45) is 11.2. The highest BCUT2D eigenvalue weighted by Gasteiger charge is 2.61. The molecule has 0 saturated heterocycles. The molecule has 45 heavy (non-hydrogen) atoms. The summed E-state index contributed by atoms with van der Waals surface area (Å²) < 4.78 is 4.66. The summed E-state index contributed by atoms with van der Waals surface area (Å²) >= 11 is 0. The van der Waals surface area contributed by atoms with E-state index in [4.69, 9.17) is 0 Å². The van der Waals surface area contributed by atoms with Crippen LogP contribution in [0.1, 0.15) is 134 Å². The summed E-state index contributed by atoms with van der Waals surface area (Å²) in [6.45, 7) is 23.4. The van der Waals surface area contributed by atoms with Gasteiger partial charge in [0.25, 0.3) is 0 Å². The normalized spacial score (nSPS) is 27.1. The van der Waals surface area contributed by atoms with Gasteiger partial charge in [-0.15, -0.1) is 0 Å². The Bertz CT molecular complexity index is 1260. The highest BCUT2D eigenvalue weighted by Crippen LogP contribution is 2.67. The number of rotatable bonds is 14. The van der Waals surface area contributed by atoms with E-state index in [1.54, 1.807) is 13.0 Å². The first-order valence-corrected chi connectivity index (χ1v) is 16.8. The second-order valence-electron chi connectivity index (χ2n) is 16.7. The molecule has 0 aromatic carbocycles. The van der Waals surface area contributed by atoms with Crippen molar-refractivity contribution in [1.82, 2.24) is 5.32 Å². The van der Waals surface area contributed by atoms with Crippen LogP contribution in [0.3, 0.4) is 0 Å². The number of nitrogens with one attached hydrogen (secondary N) is 1. The van der Waals surface area contributed by atoms with Gasteiger partial charge in [0.05, 0.1) is 12.7 Å². The fourth-order valence-electron chi connectivity index (χ4n) is 7.94. The van der Waals surface area contributed by atoms with Crippen molar-refractivity contribution in [1.29, 1.82) is 5.26 Å². The van der Waals surface area contributed by atoms with Crippen LogP contribution in [0, 0.1) is 49.7 Å². The van der Waals surface area contributed by atoms with E-state index >= 15 is 0 Å². The van der Waals surface area contributed by atoms with Gasteiger partial charge in [0, 0.05) is 17.3 Å². The Kier molecular flexibility index (Phi) is 11.9. The van der Waals surface area contributed by atoms with E-state index in [2.05, 4.69) is 71.5 Å². The Morgan fingerprint density at radius 3 is 2.18 bits per heavy atom. The monoisotopic (exact) mass is 624 g/mol. The molecule has 0 aromatic rings. The Labute approximate surface area is 273 Å². The van der Waals surface area contributed by atoms with Crippen LogP contribution >= 0.6 is 0 Å². The molecular weight excluding hydrogens is 564 g/mol. The number of ether oxygens (including phenoxy) is 1. The predicted molar refractivity (Wildman–Crippen MR) is 179 cm³/mol. The number of hydrogen-bond donors (Lipinski definition) is 1. The van der Waals surface area contributed by atoms with Crippen LogP contribution in [0.15, 0.2) is 23.3 Å². The SMILES string of the molecule is CCC(C)(C)CC[C@](C)(CCC(=O)NCC(=O)OC)CCC(C)(C)[C@]1(C)CC[C@H]2C(C)(C)C(=O)C(C#N)=C[C@]2(C)/C1=C/C(C)=O. The van der Waals surface area contributed by atoms with E-state index in [0.717, 1.165) is 50.5 Å². The first-order chi connectivity index (χ1) is 20.5. The standard InChI is InChI=1S/C38H60N2O5/c1-13-33(3,4)18-20-36(9,16-15-30(42)40-25-31(43)45-12)21-19-34(5,6)38(11)17-14-28-35(7,8)32(44)27(24-39)23-37(28,10)29(38)22-26(2)41/h22-23,28H,13-21,25H2,1-12H3,(H,40,42)/b29-22-/t28-,36-,37-,38+/m0/s1. The topological polar surface area (TPSA) is 113 Å². The van der Waals surface area contributed by atoms with Crippen molar-refractivity contribution in [3.63, 3.8) is 0 Å². The third-order valence-electron chi connectivity index (χ3n) is 12.3. The molecule has 0 bridgehead atoms. The number of ketones is 2. The quantitative estimate of drug-likeness (QED) is 0.154. The van der Waals surface area contributed by atoms with Gasteiger partial charge in [-0.05, 0) is 85.5 Å². The maximum absolute atomic E-state index is 13.3. The number of methoxy groups -OCH3 is 1. The number of nitriles is 1. The van der Waals surface area contributed by atoms with Gasteiger partial charge in [0.15, 0.2) is 11.6 Å². The smallest absolute Gasteiger partial charge is 0.325 e. The molecule has 0 aliphatic heterocycles. The third-order valence-corrected chi connectivity index (χ3v) is 12.3. The molecule has 2 aliphatic carbocycles. The van der Waals surface area contributed by atoms with Crippen LogP contribution in [0.2, 0.25) is 0 Å². The molecule has 7 heteroatoms. The van der Waals surface area contributed by atoms with Crippen LogP contribution in [0.5, 0.6) is 0 Å². The van der Waals surface area contributed by atoms with E-state index < -0.39 is 16.8 Å². The molecule has 0 heterocycles. The molecule has 1 fully saturated rings. The number of Topliss-reactive ketones (excluding diaryl/α,β-unsaturated/α-hetero) is 1. The molecular formula is C38H60N2O5. The molecule has 7 nitrogen and oxygen atoms in total. The van der Waals surface area contributed by atoms with Gasteiger partial charge in [-0.3, -0.25) is 19.2 Å². The lowest BCUT2D eigenvalue weighted by Crippen LogP contribution is -2.55. The summed E-state index contributed by atoms with van der Waals surface area (Å²) in [6, 6.07) is 2.17. The van der Waals surface area contributed by atoms with E-state index in [-0.39, 0.29) is 57.2 Å². The van der Waals surface area contributed by atoms with E-state index in [1.165, 1.54) is 7.11 Å². The third kappa shape index (κ3) is 8.35. The lowest BCUT2D eigenvalue weighted by molar-refractivity contribution is -0.141. The molecule has 1 saturated carbocycles. The second kappa shape index (κ2) is 13.9. The molecule has 4 atom stereocenters. The Hall–Kier alpha value is -2.75. The van der Waals surface area contributed by atoms with Gasteiger partial charge in [-0.25, -0.2) is 0 Å². The lowest BCUT2D eigenvalue weighted by Gasteiger charge is -2.61. The molecule has 2 rings (SSSR count). The number of carbonyl (C=O) groups excluding carboxylic acids is 4. The number of amides is 1. The van der Waals surface area contributed by atoms with Crippen LogP contribution < -0.4 is 5.32 Å². The van der Waals surface area contributed by atoms with Gasteiger partial charge in [0.2, 0.25) is 5.91 Å². The highest BCUT2D eigenvalue weighted by atomic mass is 16.5. The van der Waals surface area contributed by atoms with Gasteiger partial charge in [0.1, 0.15) is 12.6 Å². The Morgan fingerprint density at radius 2 is 1.64 bits per heavy atom. The number of hydrogen-bond acceptors (Lipinski definition) is 6. The zero-order valence-corrected chi connectivity index (χ0v) is 30.3. The largest absolute Gasteiger partial charge is 0.468 e. The van der Waals surface area contributed by atoms with Gasteiger partial charge in [-0.1, -0.05) is 87.3 Å². The summed E-state index contributed by atoms with van der Waals surface area (Å²) in [5.74, 6) is -0.778. The number of allylic oxidation sites excluding steroid dienone is 4. The van der Waals surface area contributed by atoms with Gasteiger partial charge >= 0.3 is 5.97 Å². The minimum atomic E-state index is -0.713. The van der Waals surface area contributed by atoms with Crippen molar-refractivity contribution in [3.8, 4) is 6.07 Å². The predicted octanol–water partition coefficient (Wildman–Crippen LogP) is 8.08. The molecule has 1 amide bonds. The lowest BCUT2D eigenvalue weighted by atomic mass is 9.42. The van der Waals surface area contributed by atoms with E-state index in [1.807, 2.05) is 19.9 Å². The first kappa shape index (κ1) is 38.4. The van der Waals surface area contributed by atoms with Crippen LogP contribution in [-0.4, -0.2) is 37.1 Å². The van der Waals surface area contributed by atoms with Crippen molar-refractivity contribution in [3.05, 3.63) is 23.3 Å². The summed E-state index contributed by atoms with van der Waals surface area (Å²) in [5, 5.41) is 12.6. The summed E-state index contributed by atoms with van der Waals surface area (Å²) in [4.78, 5) is 50.4. The zero-order chi connectivity index (χ0) is 34.6. The average Bonchev–Trinajstić information content (AvgIpc) is 2.96. The molecule has 2 aliphatic rings. The zero-order valence-electron chi connectivity index (χ0n) is 30.3. The number of carbonyl (C=O) groups is 4. The second-order valence-corrected chi connectivity index (χ2v) is 16.7. The number of nitrogens with zero attached hydrogens (tertiary/aromatic N) is 1. The van der Waals surface area contributed by atoms with Crippen molar-refractivity contribution >= 4 is 23.4 Å². The fourth-order valence-corrected chi connectivity index (χ4v) is 7.94. The number of esters is 1. The van der Waals surface area contributed by atoms with Gasteiger partial charge < -0.3 is 10.1 Å². The van der Waals surface area contributed by atoms with Crippen LogP contribution in [-0.2, 0) is 23.9 Å². The molecule has 1 N–H and O–H groups in total. The first-order valence-electron chi connectivity index (χ1n) is 16.8. The van der Waals surface area contributed by atoms with Crippen molar-refractivity contribution < 1.29 is 23.9 Å². The molecule has 0 radical (unpaired) electrons. The number of fused-ring (bicyclic) bond motifs is 1. The minimum absolute atomic E-state index is 0.0193. The molecule has 0 unspecified atom stereocenters. The van der Waals surface area contributed by atoms with Gasteiger partial charge in [-0.2, -0.15) is 5.26 Å². The fraction of sp³-hybridized carbons (Fsp3) is 0.763. The highest BCUT2D eigenvalue weighted by molar-refractivity contribution is 6.04. The van der Waals surface area contributed by atoms with Crippen molar-refractivity contribution in [2.75, 3.05) is 13.7 Å². The maximum Gasteiger partial charge on any atom is 0.325 e. The van der Waals surface area contributed by atoms with E-state index in [0.29, 0.717) is 12.8 Å². The minimum Gasteiger partial charge on any atom is -0.468 e. The van der Waals surface area contributed by atoms with Crippen LogP contribution in [0.25, 0.3) is 0 Å². The van der Waals surface area contributed by atoms with E-state index in [9.17, 15) is 24.4 Å². The molecule has 0 spiro atoms. The van der Waals surface area contributed by atoms with Crippen molar-refractivity contribution in [2.24, 2.45) is 38.4 Å². The Morgan fingerprint density at radius 1 is 1.04 bits per heavy atom. The summed E-state index contributed by atoms with van der Waals surface area (Å²) in [5.41, 5.74) is -0.626.